The second kappa shape index (κ2) is 5.98. The zero-order valence-corrected chi connectivity index (χ0v) is 13.2. The van der Waals surface area contributed by atoms with E-state index in [1.807, 2.05) is 0 Å². The molecule has 0 aromatic heterocycles. The van der Waals surface area contributed by atoms with Crippen LogP contribution in [0, 0.1) is 6.92 Å². The molecule has 3 rings (SSSR count). The number of hydrogen-bond donors (Lipinski definition) is 1. The first-order valence-corrected chi connectivity index (χ1v) is 7.84. The lowest BCUT2D eigenvalue weighted by Crippen LogP contribution is -2.46. The Morgan fingerprint density at radius 3 is 2.70 bits per heavy atom. The predicted octanol–water partition coefficient (Wildman–Crippen LogP) is 3.91. The molecule has 0 spiro atoms. The SMILES string of the molecule is Cc1cccc(N2CCNCC2c2ccccc2)c1Br. The van der Waals surface area contributed by atoms with Crippen LogP contribution in [0.1, 0.15) is 17.2 Å². The molecule has 0 saturated carbocycles. The minimum atomic E-state index is 0.392. The molecular weight excluding hydrogens is 312 g/mol. The molecule has 104 valence electrons. The summed E-state index contributed by atoms with van der Waals surface area (Å²) in [7, 11) is 0. The molecule has 1 fully saturated rings. The average Bonchev–Trinajstić information content (AvgIpc) is 2.51. The van der Waals surface area contributed by atoms with E-state index in [0.717, 1.165) is 19.6 Å². The highest BCUT2D eigenvalue weighted by Gasteiger charge is 2.25. The van der Waals surface area contributed by atoms with Crippen molar-refractivity contribution in [1.29, 1.82) is 0 Å². The van der Waals surface area contributed by atoms with Gasteiger partial charge in [-0.3, -0.25) is 0 Å². The fourth-order valence-corrected chi connectivity index (χ4v) is 3.31. The van der Waals surface area contributed by atoms with Gasteiger partial charge in [0.15, 0.2) is 0 Å². The minimum absolute atomic E-state index is 0.392. The summed E-state index contributed by atoms with van der Waals surface area (Å²) in [6.45, 7) is 5.20. The standard InChI is InChI=1S/C17H19BrN2/c1-13-6-5-9-15(17(13)18)20-11-10-19-12-16(20)14-7-3-2-4-8-14/h2-9,16,19H,10-12H2,1H3. The summed E-state index contributed by atoms with van der Waals surface area (Å²) in [4.78, 5) is 2.50. The fraction of sp³-hybridized carbons (Fsp3) is 0.294. The predicted molar refractivity (Wildman–Crippen MR) is 88.3 cm³/mol. The molecule has 3 heteroatoms. The van der Waals surface area contributed by atoms with Gasteiger partial charge in [0.25, 0.3) is 0 Å². The lowest BCUT2D eigenvalue weighted by Gasteiger charge is -2.39. The normalized spacial score (nSPS) is 19.1. The average molecular weight is 331 g/mol. The molecule has 2 nitrogen and oxygen atoms in total. The molecule has 1 aliphatic heterocycles. The van der Waals surface area contributed by atoms with Gasteiger partial charge in [-0.05, 0) is 40.0 Å². The number of rotatable bonds is 2. The van der Waals surface area contributed by atoms with E-state index in [1.165, 1.54) is 21.3 Å². The summed E-state index contributed by atoms with van der Waals surface area (Å²) in [5, 5.41) is 3.51. The minimum Gasteiger partial charge on any atom is -0.361 e. The Kier molecular flexibility index (Phi) is 4.08. The van der Waals surface area contributed by atoms with E-state index in [9.17, 15) is 0 Å². The number of aryl methyl sites for hydroxylation is 1. The van der Waals surface area contributed by atoms with Gasteiger partial charge < -0.3 is 10.2 Å². The molecule has 1 unspecified atom stereocenters. The lowest BCUT2D eigenvalue weighted by atomic mass is 10.0. The van der Waals surface area contributed by atoms with E-state index in [4.69, 9.17) is 0 Å². The topological polar surface area (TPSA) is 15.3 Å². The fourth-order valence-electron chi connectivity index (χ4n) is 2.82. The van der Waals surface area contributed by atoms with Gasteiger partial charge in [0, 0.05) is 24.1 Å². The molecule has 1 saturated heterocycles. The van der Waals surface area contributed by atoms with E-state index >= 15 is 0 Å². The molecule has 2 aromatic carbocycles. The van der Waals surface area contributed by atoms with Crippen LogP contribution in [0.25, 0.3) is 0 Å². The van der Waals surface area contributed by atoms with Crippen molar-refractivity contribution in [2.45, 2.75) is 13.0 Å². The summed E-state index contributed by atoms with van der Waals surface area (Å²) in [5.74, 6) is 0. The second-order valence-corrected chi connectivity index (χ2v) is 6.03. The summed E-state index contributed by atoms with van der Waals surface area (Å²) in [5.41, 5.74) is 3.95. The highest BCUT2D eigenvalue weighted by Crippen LogP contribution is 2.35. The molecule has 0 radical (unpaired) electrons. The third-order valence-electron chi connectivity index (χ3n) is 3.91. The van der Waals surface area contributed by atoms with Gasteiger partial charge in [0.1, 0.15) is 0 Å². The largest absolute Gasteiger partial charge is 0.361 e. The first kappa shape index (κ1) is 13.7. The van der Waals surface area contributed by atoms with Gasteiger partial charge in [-0.1, -0.05) is 42.5 Å². The van der Waals surface area contributed by atoms with Crippen LogP contribution in [0.2, 0.25) is 0 Å². The Hall–Kier alpha value is -1.32. The molecule has 0 amide bonds. The number of halogens is 1. The second-order valence-electron chi connectivity index (χ2n) is 5.23. The number of benzene rings is 2. The van der Waals surface area contributed by atoms with Crippen molar-refractivity contribution in [2.75, 3.05) is 24.5 Å². The van der Waals surface area contributed by atoms with E-state index in [0.29, 0.717) is 6.04 Å². The van der Waals surface area contributed by atoms with E-state index in [2.05, 4.69) is 81.6 Å². The number of hydrogen-bond acceptors (Lipinski definition) is 2. The Balaban J connectivity index is 1.99. The summed E-state index contributed by atoms with van der Waals surface area (Å²) < 4.78 is 1.21. The molecule has 0 bridgehead atoms. The molecule has 1 atom stereocenters. The highest BCUT2D eigenvalue weighted by atomic mass is 79.9. The van der Waals surface area contributed by atoms with Crippen LogP contribution in [0.15, 0.2) is 53.0 Å². The molecule has 2 aromatic rings. The van der Waals surface area contributed by atoms with E-state index in [-0.39, 0.29) is 0 Å². The zero-order valence-electron chi connectivity index (χ0n) is 11.6. The highest BCUT2D eigenvalue weighted by molar-refractivity contribution is 9.10. The number of nitrogens with zero attached hydrogens (tertiary/aromatic N) is 1. The smallest absolute Gasteiger partial charge is 0.0667 e. The van der Waals surface area contributed by atoms with E-state index < -0.39 is 0 Å². The van der Waals surface area contributed by atoms with Gasteiger partial charge in [-0.2, -0.15) is 0 Å². The summed E-state index contributed by atoms with van der Waals surface area (Å²) >= 11 is 3.75. The summed E-state index contributed by atoms with van der Waals surface area (Å²) in [6, 6.07) is 17.6. The van der Waals surface area contributed by atoms with Crippen LogP contribution >= 0.6 is 15.9 Å². The Labute approximate surface area is 128 Å². The molecular formula is C17H19BrN2. The van der Waals surface area contributed by atoms with Crippen molar-refractivity contribution in [3.8, 4) is 0 Å². The Morgan fingerprint density at radius 1 is 1.10 bits per heavy atom. The maximum absolute atomic E-state index is 3.75. The Bertz CT molecular complexity index is 583. The number of piperazine rings is 1. The van der Waals surface area contributed by atoms with Crippen molar-refractivity contribution >= 4 is 21.6 Å². The van der Waals surface area contributed by atoms with Crippen LogP contribution in [0.4, 0.5) is 5.69 Å². The van der Waals surface area contributed by atoms with Crippen molar-refractivity contribution < 1.29 is 0 Å². The lowest BCUT2D eigenvalue weighted by molar-refractivity contribution is 0.489. The molecule has 0 aliphatic carbocycles. The third kappa shape index (κ3) is 2.60. The van der Waals surface area contributed by atoms with Crippen LogP contribution in [-0.4, -0.2) is 19.6 Å². The zero-order chi connectivity index (χ0) is 13.9. The van der Waals surface area contributed by atoms with Gasteiger partial charge in [0.2, 0.25) is 0 Å². The van der Waals surface area contributed by atoms with E-state index in [1.54, 1.807) is 0 Å². The maximum atomic E-state index is 3.75. The van der Waals surface area contributed by atoms with Crippen LogP contribution in [-0.2, 0) is 0 Å². The molecule has 1 heterocycles. The van der Waals surface area contributed by atoms with Gasteiger partial charge >= 0.3 is 0 Å². The van der Waals surface area contributed by atoms with Crippen molar-refractivity contribution in [3.63, 3.8) is 0 Å². The molecule has 1 N–H and O–H groups in total. The molecule has 20 heavy (non-hydrogen) atoms. The van der Waals surface area contributed by atoms with Crippen molar-refractivity contribution in [1.82, 2.24) is 5.32 Å². The van der Waals surface area contributed by atoms with Crippen molar-refractivity contribution in [2.24, 2.45) is 0 Å². The quantitative estimate of drug-likeness (QED) is 0.898. The van der Waals surface area contributed by atoms with Gasteiger partial charge in [-0.25, -0.2) is 0 Å². The number of nitrogens with one attached hydrogen (secondary N) is 1. The van der Waals surface area contributed by atoms with Gasteiger partial charge in [-0.15, -0.1) is 0 Å². The van der Waals surface area contributed by atoms with Gasteiger partial charge in [0.05, 0.1) is 11.7 Å². The molecule has 1 aliphatic rings. The maximum Gasteiger partial charge on any atom is 0.0667 e. The van der Waals surface area contributed by atoms with Crippen molar-refractivity contribution in [3.05, 3.63) is 64.1 Å². The van der Waals surface area contributed by atoms with Crippen LogP contribution in [0.5, 0.6) is 0 Å². The first-order chi connectivity index (χ1) is 9.77. The third-order valence-corrected chi connectivity index (χ3v) is 4.94. The number of anilines is 1. The Morgan fingerprint density at radius 2 is 1.90 bits per heavy atom. The summed E-state index contributed by atoms with van der Waals surface area (Å²) in [6.07, 6.45) is 0. The van der Waals surface area contributed by atoms with Crippen LogP contribution < -0.4 is 10.2 Å². The monoisotopic (exact) mass is 330 g/mol. The van der Waals surface area contributed by atoms with Crippen LogP contribution in [0.3, 0.4) is 0 Å². The first-order valence-electron chi connectivity index (χ1n) is 7.05.